The zero-order chi connectivity index (χ0) is 49.7. The zero-order valence-corrected chi connectivity index (χ0v) is 39.4. The van der Waals surface area contributed by atoms with E-state index in [9.17, 15) is 48.6 Å². The third-order valence-electron chi connectivity index (χ3n) is 11.8. The standard InChI is InChI=1S/C48H67N9O10/c1-9-27(8)41(57-46(64)39(25(4)5)55-45(63)37(21-38(58)59)52-42(60)32(49)19-28-22-50-33-16-12-10-14-30(28)33)47(65)54-36(20-29-23-51-34-17-13-11-15-31(29)34)43(61)53-35(18-24(2)3)44(62)56-40(26(6)7)48(66)67/h10-17,22-27,32,35-37,39-41,50-51H,9,18-21,49H2,1-8H3,(H,52,60)(H,53,61)(H,54,65)(H,55,63)(H,56,62)(H,57,64)(H,58,59)(H,66,67)/t27-,32-,35-,36-,37-,39-,40-,41-/m0/s1. The molecule has 0 spiro atoms. The molecular formula is C48H67N9O10. The molecule has 364 valence electrons. The van der Waals surface area contributed by atoms with E-state index in [0.29, 0.717) is 12.0 Å². The fourth-order valence-electron chi connectivity index (χ4n) is 7.76. The van der Waals surface area contributed by atoms with E-state index in [-0.39, 0.29) is 25.2 Å². The first kappa shape index (κ1) is 52.9. The third kappa shape index (κ3) is 14.6. The van der Waals surface area contributed by atoms with Crippen LogP contribution >= 0.6 is 0 Å². The first-order valence-electron chi connectivity index (χ1n) is 22.7. The van der Waals surface area contributed by atoms with Crippen molar-refractivity contribution in [3.8, 4) is 0 Å². The van der Waals surface area contributed by atoms with Gasteiger partial charge in [-0.2, -0.15) is 0 Å². The van der Waals surface area contributed by atoms with E-state index in [1.54, 1.807) is 53.9 Å². The highest BCUT2D eigenvalue weighted by molar-refractivity contribution is 5.98. The van der Waals surface area contributed by atoms with Crippen molar-refractivity contribution in [2.75, 3.05) is 0 Å². The number of para-hydroxylation sites is 2. The Morgan fingerprint density at radius 1 is 0.552 bits per heavy atom. The molecule has 0 fully saturated rings. The number of nitrogens with two attached hydrogens (primary N) is 1. The van der Waals surface area contributed by atoms with E-state index in [0.717, 1.165) is 27.4 Å². The van der Waals surface area contributed by atoms with Crippen molar-refractivity contribution in [1.82, 2.24) is 41.9 Å². The summed E-state index contributed by atoms with van der Waals surface area (Å²) in [4.78, 5) is 114. The molecule has 0 saturated heterocycles. The van der Waals surface area contributed by atoms with Gasteiger partial charge in [0, 0.05) is 40.6 Å². The summed E-state index contributed by atoms with van der Waals surface area (Å²) in [6.45, 7) is 13.8. The average molecular weight is 930 g/mol. The Morgan fingerprint density at radius 2 is 1.00 bits per heavy atom. The topological polar surface area (TPSA) is 307 Å². The predicted molar refractivity (Wildman–Crippen MR) is 252 cm³/mol. The van der Waals surface area contributed by atoms with Crippen LogP contribution in [0.25, 0.3) is 21.8 Å². The van der Waals surface area contributed by atoms with Gasteiger partial charge in [-0.1, -0.05) is 98.2 Å². The maximum Gasteiger partial charge on any atom is 0.326 e. The second-order valence-electron chi connectivity index (χ2n) is 18.3. The third-order valence-corrected chi connectivity index (χ3v) is 11.8. The van der Waals surface area contributed by atoms with Crippen molar-refractivity contribution >= 4 is 69.2 Å². The monoisotopic (exact) mass is 930 g/mol. The minimum absolute atomic E-state index is 0.0463. The number of carbonyl (C=O) groups excluding carboxylic acids is 6. The SMILES string of the molecule is CC[C@H](C)[C@H](NC(=O)[C@@H](NC(=O)[C@H](CC(=O)O)NC(=O)[C@@H](N)Cc1c[nH]c2ccccc12)C(C)C)C(=O)N[C@@H](Cc1c[nH]c2ccccc12)C(=O)N[C@@H](CC(C)C)C(=O)N[C@H](C(=O)O)C(C)C. The largest absolute Gasteiger partial charge is 0.481 e. The van der Waals surface area contributed by atoms with Gasteiger partial charge in [0.05, 0.1) is 12.5 Å². The van der Waals surface area contributed by atoms with Gasteiger partial charge in [-0.25, -0.2) is 4.79 Å². The molecule has 12 N–H and O–H groups in total. The maximum atomic E-state index is 14.4. The molecule has 8 atom stereocenters. The molecule has 4 rings (SSSR count). The quantitative estimate of drug-likeness (QED) is 0.0459. The highest BCUT2D eigenvalue weighted by atomic mass is 16.4. The summed E-state index contributed by atoms with van der Waals surface area (Å²) in [5.41, 5.74) is 9.26. The molecule has 0 unspecified atom stereocenters. The van der Waals surface area contributed by atoms with Crippen LogP contribution in [0.4, 0.5) is 0 Å². The molecule has 0 aliphatic rings. The number of aliphatic carboxylic acids is 2. The average Bonchev–Trinajstić information content (AvgIpc) is 3.88. The number of H-pyrrole nitrogens is 2. The summed E-state index contributed by atoms with van der Waals surface area (Å²) in [6.07, 6.45) is 3.18. The molecule has 67 heavy (non-hydrogen) atoms. The molecule has 0 aliphatic carbocycles. The molecule has 0 radical (unpaired) electrons. The lowest BCUT2D eigenvalue weighted by molar-refractivity contribution is -0.143. The van der Waals surface area contributed by atoms with Crippen LogP contribution in [0.3, 0.4) is 0 Å². The number of rotatable bonds is 25. The van der Waals surface area contributed by atoms with Crippen molar-refractivity contribution in [2.45, 2.75) is 130 Å². The fraction of sp³-hybridized carbons (Fsp3) is 0.500. The lowest BCUT2D eigenvalue weighted by Gasteiger charge is -2.30. The number of nitrogens with one attached hydrogen (secondary N) is 8. The number of carboxylic acids is 2. The number of hydrogen-bond donors (Lipinski definition) is 11. The molecule has 0 saturated carbocycles. The van der Waals surface area contributed by atoms with Crippen molar-refractivity contribution in [2.24, 2.45) is 29.4 Å². The Kier molecular flexibility index (Phi) is 19.0. The number of amides is 6. The van der Waals surface area contributed by atoms with Gasteiger partial charge >= 0.3 is 11.9 Å². The normalized spacial score (nSPS) is 15.2. The number of carboxylic acid groups (broad SMARTS) is 2. The summed E-state index contributed by atoms with van der Waals surface area (Å²) >= 11 is 0. The van der Waals surface area contributed by atoms with Gasteiger partial charge in [-0.3, -0.25) is 33.6 Å². The van der Waals surface area contributed by atoms with E-state index < -0.39 is 114 Å². The number of carbonyl (C=O) groups is 8. The van der Waals surface area contributed by atoms with Gasteiger partial charge in [-0.15, -0.1) is 0 Å². The number of aromatic amines is 2. The van der Waals surface area contributed by atoms with Crippen LogP contribution in [0.5, 0.6) is 0 Å². The molecule has 19 nitrogen and oxygen atoms in total. The number of hydrogen-bond acceptors (Lipinski definition) is 9. The molecular weight excluding hydrogens is 863 g/mol. The highest BCUT2D eigenvalue weighted by Crippen LogP contribution is 2.21. The van der Waals surface area contributed by atoms with E-state index in [4.69, 9.17) is 5.73 Å². The highest BCUT2D eigenvalue weighted by Gasteiger charge is 2.37. The number of benzene rings is 2. The number of fused-ring (bicyclic) bond motifs is 2. The van der Waals surface area contributed by atoms with Gasteiger partial charge in [0.2, 0.25) is 35.4 Å². The van der Waals surface area contributed by atoms with Gasteiger partial charge in [-0.05, 0) is 59.8 Å². The predicted octanol–water partition coefficient (Wildman–Crippen LogP) is 2.63. The van der Waals surface area contributed by atoms with Crippen LogP contribution in [0.1, 0.15) is 85.8 Å². The van der Waals surface area contributed by atoms with E-state index in [2.05, 4.69) is 41.9 Å². The van der Waals surface area contributed by atoms with Crippen molar-refractivity contribution < 1.29 is 48.6 Å². The van der Waals surface area contributed by atoms with Crippen LogP contribution < -0.4 is 37.6 Å². The summed E-state index contributed by atoms with van der Waals surface area (Å²) in [7, 11) is 0. The van der Waals surface area contributed by atoms with Crippen molar-refractivity contribution in [3.05, 3.63) is 72.1 Å². The van der Waals surface area contributed by atoms with E-state index in [1.807, 2.05) is 62.4 Å². The Balaban J connectivity index is 1.56. The Bertz CT molecular complexity index is 2390. The Morgan fingerprint density at radius 3 is 1.51 bits per heavy atom. The first-order chi connectivity index (χ1) is 31.6. The second kappa shape index (κ2) is 24.1. The minimum Gasteiger partial charge on any atom is -0.481 e. The Labute approximate surface area is 389 Å². The molecule has 0 bridgehead atoms. The fourth-order valence-corrected chi connectivity index (χ4v) is 7.76. The Hall–Kier alpha value is -6.76. The lowest BCUT2D eigenvalue weighted by atomic mass is 9.95. The zero-order valence-electron chi connectivity index (χ0n) is 39.4. The molecule has 2 aromatic heterocycles. The summed E-state index contributed by atoms with van der Waals surface area (Å²) in [5, 5.41) is 36.9. The molecule has 19 heteroatoms. The first-order valence-corrected chi connectivity index (χ1v) is 22.7. The maximum absolute atomic E-state index is 14.4. The molecule has 6 amide bonds. The van der Waals surface area contributed by atoms with Crippen LogP contribution in [0, 0.1) is 23.7 Å². The second-order valence-corrected chi connectivity index (χ2v) is 18.3. The van der Waals surface area contributed by atoms with Crippen molar-refractivity contribution in [1.29, 1.82) is 0 Å². The van der Waals surface area contributed by atoms with Crippen LogP contribution in [0.15, 0.2) is 60.9 Å². The van der Waals surface area contributed by atoms with E-state index >= 15 is 0 Å². The summed E-state index contributed by atoms with van der Waals surface area (Å²) < 4.78 is 0. The van der Waals surface area contributed by atoms with Crippen LogP contribution in [-0.2, 0) is 51.2 Å². The van der Waals surface area contributed by atoms with E-state index in [1.165, 1.54) is 0 Å². The molecule has 2 heterocycles. The molecule has 4 aromatic rings. The van der Waals surface area contributed by atoms with Gasteiger partial charge in [0.15, 0.2) is 0 Å². The van der Waals surface area contributed by atoms with Crippen molar-refractivity contribution in [3.63, 3.8) is 0 Å². The molecule has 2 aromatic carbocycles. The lowest BCUT2D eigenvalue weighted by Crippen LogP contribution is -2.62. The molecule has 0 aliphatic heterocycles. The van der Waals surface area contributed by atoms with Gasteiger partial charge in [0.25, 0.3) is 0 Å². The smallest absolute Gasteiger partial charge is 0.326 e. The van der Waals surface area contributed by atoms with Gasteiger partial charge in [0.1, 0.15) is 36.3 Å². The number of aromatic nitrogens is 2. The minimum atomic E-state index is -1.62. The van der Waals surface area contributed by atoms with Crippen LogP contribution in [0.2, 0.25) is 0 Å². The van der Waals surface area contributed by atoms with Gasteiger partial charge < -0.3 is 57.8 Å². The van der Waals surface area contributed by atoms with Crippen LogP contribution in [-0.4, -0.2) is 110 Å². The summed E-state index contributed by atoms with van der Waals surface area (Å²) in [5.74, 6) is -9.03. The summed E-state index contributed by atoms with van der Waals surface area (Å²) in [6, 6.07) is 5.72.